The SMILES string of the molecule is CCN(CC)c1ccc(/C=c2/sc3n(c2=O)[C@@H](c2ccccc2)C2=C(N=3)c3ccccc3CC2)o1. The van der Waals surface area contributed by atoms with Gasteiger partial charge in [-0.05, 0) is 49.5 Å². The number of furan rings is 1. The number of aryl methyl sites for hydroxylation is 1. The average molecular weight is 482 g/mol. The molecular weight excluding hydrogens is 454 g/mol. The van der Waals surface area contributed by atoms with Crippen LogP contribution < -0.4 is 19.8 Å². The Hall–Kier alpha value is -3.64. The van der Waals surface area contributed by atoms with Crippen LogP contribution in [0.25, 0.3) is 11.8 Å². The number of aromatic nitrogens is 1. The normalized spacial score (nSPS) is 17.0. The zero-order valence-corrected chi connectivity index (χ0v) is 20.7. The quantitative estimate of drug-likeness (QED) is 0.413. The topological polar surface area (TPSA) is 50.7 Å². The third-order valence-corrected chi connectivity index (χ3v) is 7.93. The fourth-order valence-corrected chi connectivity index (χ4v) is 6.19. The van der Waals surface area contributed by atoms with E-state index < -0.39 is 0 Å². The van der Waals surface area contributed by atoms with Gasteiger partial charge in [-0.25, -0.2) is 4.99 Å². The number of allylic oxidation sites excluding steroid dienone is 1. The fraction of sp³-hybridized carbons (Fsp3) is 0.241. The van der Waals surface area contributed by atoms with Gasteiger partial charge in [0.2, 0.25) is 0 Å². The molecule has 0 spiro atoms. The summed E-state index contributed by atoms with van der Waals surface area (Å²) in [4.78, 5) is 21.7. The van der Waals surface area contributed by atoms with Gasteiger partial charge in [0.05, 0.1) is 16.3 Å². The molecule has 4 aromatic rings. The van der Waals surface area contributed by atoms with E-state index in [9.17, 15) is 4.79 Å². The van der Waals surface area contributed by atoms with Gasteiger partial charge in [-0.2, -0.15) is 0 Å². The average Bonchev–Trinajstić information content (AvgIpc) is 3.48. The van der Waals surface area contributed by atoms with Gasteiger partial charge in [-0.3, -0.25) is 9.36 Å². The standard InChI is InChI=1S/C29H27N3O2S/c1-3-31(4-2)25-17-15-21(34-25)18-24-28(33)32-27(20-11-6-5-7-12-20)23-16-14-19-10-8-9-13-22(19)26(23)30-29(32)35-24/h5-13,15,17-18,27H,3-4,14,16H2,1-2H3/b24-18+/t27-/m0/s1. The second-order valence-corrected chi connectivity index (χ2v) is 9.88. The molecule has 0 unspecified atom stereocenters. The van der Waals surface area contributed by atoms with Crippen LogP contribution in [-0.4, -0.2) is 17.7 Å². The minimum atomic E-state index is -0.152. The first-order valence-corrected chi connectivity index (χ1v) is 13.0. The molecule has 1 aliphatic heterocycles. The number of rotatable bonds is 5. The van der Waals surface area contributed by atoms with E-state index in [1.54, 1.807) is 0 Å². The van der Waals surface area contributed by atoms with E-state index in [0.717, 1.165) is 47.9 Å². The highest BCUT2D eigenvalue weighted by Crippen LogP contribution is 2.41. The molecule has 1 aliphatic carbocycles. The van der Waals surface area contributed by atoms with Crippen LogP contribution in [0.4, 0.5) is 5.88 Å². The van der Waals surface area contributed by atoms with Crippen molar-refractivity contribution in [2.75, 3.05) is 18.0 Å². The molecule has 5 nitrogen and oxygen atoms in total. The number of anilines is 1. The van der Waals surface area contributed by atoms with Crippen molar-refractivity contribution in [3.05, 3.63) is 114 Å². The molecule has 0 bridgehead atoms. The monoisotopic (exact) mass is 481 g/mol. The van der Waals surface area contributed by atoms with E-state index in [4.69, 9.17) is 9.41 Å². The molecule has 176 valence electrons. The molecule has 0 saturated carbocycles. The van der Waals surface area contributed by atoms with Crippen molar-refractivity contribution in [2.24, 2.45) is 4.99 Å². The van der Waals surface area contributed by atoms with E-state index >= 15 is 0 Å². The van der Waals surface area contributed by atoms with Crippen LogP contribution in [0.1, 0.15) is 48.8 Å². The summed E-state index contributed by atoms with van der Waals surface area (Å²) in [6, 6.07) is 22.6. The van der Waals surface area contributed by atoms with Crippen molar-refractivity contribution in [3.8, 4) is 0 Å². The largest absolute Gasteiger partial charge is 0.441 e. The molecular formula is C29H27N3O2S. The molecule has 2 aromatic carbocycles. The first-order chi connectivity index (χ1) is 17.2. The Kier molecular flexibility index (Phi) is 5.53. The van der Waals surface area contributed by atoms with E-state index in [1.165, 1.54) is 28.0 Å². The van der Waals surface area contributed by atoms with E-state index in [2.05, 4.69) is 55.1 Å². The molecule has 0 N–H and O–H groups in total. The van der Waals surface area contributed by atoms with Crippen LogP contribution in [0.3, 0.4) is 0 Å². The van der Waals surface area contributed by atoms with Crippen LogP contribution >= 0.6 is 11.3 Å². The molecule has 35 heavy (non-hydrogen) atoms. The van der Waals surface area contributed by atoms with Crippen LogP contribution in [-0.2, 0) is 6.42 Å². The summed E-state index contributed by atoms with van der Waals surface area (Å²) in [6.45, 7) is 5.95. The molecule has 2 aliphatic rings. The summed E-state index contributed by atoms with van der Waals surface area (Å²) in [5.41, 5.74) is 5.84. The lowest BCUT2D eigenvalue weighted by Crippen LogP contribution is -2.38. The molecule has 0 radical (unpaired) electrons. The van der Waals surface area contributed by atoms with Crippen LogP contribution in [0.15, 0.2) is 86.5 Å². The zero-order chi connectivity index (χ0) is 23.9. The summed E-state index contributed by atoms with van der Waals surface area (Å²) < 4.78 is 8.58. The molecule has 2 aromatic heterocycles. The van der Waals surface area contributed by atoms with Gasteiger partial charge in [-0.1, -0.05) is 65.9 Å². The summed E-state index contributed by atoms with van der Waals surface area (Å²) in [5.74, 6) is 1.51. The van der Waals surface area contributed by atoms with Crippen LogP contribution in [0.2, 0.25) is 0 Å². The Labute approximate surface area is 208 Å². The van der Waals surface area contributed by atoms with Crippen molar-refractivity contribution >= 4 is 29.0 Å². The summed E-state index contributed by atoms with van der Waals surface area (Å²) in [5, 5.41) is 0. The van der Waals surface area contributed by atoms with Gasteiger partial charge >= 0.3 is 0 Å². The molecule has 1 atom stereocenters. The maximum atomic E-state index is 13.8. The molecule has 0 amide bonds. The smallest absolute Gasteiger partial charge is 0.271 e. The highest BCUT2D eigenvalue weighted by molar-refractivity contribution is 7.07. The van der Waals surface area contributed by atoms with Gasteiger partial charge in [-0.15, -0.1) is 0 Å². The summed E-state index contributed by atoms with van der Waals surface area (Å²) >= 11 is 1.44. The highest BCUT2D eigenvalue weighted by atomic mass is 32.1. The Morgan fingerprint density at radius 2 is 1.80 bits per heavy atom. The lowest BCUT2D eigenvalue weighted by molar-refractivity contribution is 0.541. The van der Waals surface area contributed by atoms with Crippen LogP contribution in [0, 0.1) is 0 Å². The van der Waals surface area contributed by atoms with Gasteiger partial charge in [0.15, 0.2) is 10.7 Å². The number of nitrogens with zero attached hydrogens (tertiary/aromatic N) is 3. The first kappa shape index (κ1) is 21.9. The lowest BCUT2D eigenvalue weighted by atomic mass is 9.83. The Balaban J connectivity index is 1.54. The minimum absolute atomic E-state index is 0.0196. The number of fused-ring (bicyclic) bond motifs is 3. The second-order valence-electron chi connectivity index (χ2n) is 8.87. The van der Waals surface area contributed by atoms with Crippen molar-refractivity contribution in [2.45, 2.75) is 32.7 Å². The van der Waals surface area contributed by atoms with Gasteiger partial charge in [0.25, 0.3) is 5.56 Å². The van der Waals surface area contributed by atoms with Crippen molar-refractivity contribution in [1.82, 2.24) is 4.57 Å². The summed E-state index contributed by atoms with van der Waals surface area (Å²) in [6.07, 6.45) is 3.71. The van der Waals surface area contributed by atoms with Gasteiger partial charge < -0.3 is 9.32 Å². The Morgan fingerprint density at radius 1 is 1.03 bits per heavy atom. The number of hydrogen-bond donors (Lipinski definition) is 0. The fourth-order valence-electron chi connectivity index (χ4n) is 5.21. The van der Waals surface area contributed by atoms with E-state index in [-0.39, 0.29) is 11.6 Å². The molecule has 6 rings (SSSR count). The molecule has 6 heteroatoms. The van der Waals surface area contributed by atoms with Crippen molar-refractivity contribution in [3.63, 3.8) is 0 Å². The van der Waals surface area contributed by atoms with Crippen LogP contribution in [0.5, 0.6) is 0 Å². The molecule has 0 saturated heterocycles. The summed E-state index contributed by atoms with van der Waals surface area (Å²) in [7, 11) is 0. The Morgan fingerprint density at radius 3 is 2.60 bits per heavy atom. The number of hydrogen-bond acceptors (Lipinski definition) is 5. The predicted molar refractivity (Wildman–Crippen MR) is 141 cm³/mol. The van der Waals surface area contributed by atoms with Crippen molar-refractivity contribution in [1.29, 1.82) is 0 Å². The first-order valence-electron chi connectivity index (χ1n) is 12.2. The van der Waals surface area contributed by atoms with Gasteiger partial charge in [0, 0.05) is 30.8 Å². The molecule has 3 heterocycles. The minimum Gasteiger partial charge on any atom is -0.441 e. The van der Waals surface area contributed by atoms with Gasteiger partial charge in [0.1, 0.15) is 5.76 Å². The third-order valence-electron chi connectivity index (χ3n) is 6.95. The predicted octanol–water partition coefficient (Wildman–Crippen LogP) is 4.76. The van der Waals surface area contributed by atoms with E-state index in [1.807, 2.05) is 41.0 Å². The number of benzene rings is 2. The Bertz CT molecular complexity index is 1600. The maximum Gasteiger partial charge on any atom is 0.271 e. The lowest BCUT2D eigenvalue weighted by Gasteiger charge is -2.30. The zero-order valence-electron chi connectivity index (χ0n) is 19.9. The highest BCUT2D eigenvalue weighted by Gasteiger charge is 2.32. The van der Waals surface area contributed by atoms with Crippen molar-refractivity contribution < 1.29 is 4.42 Å². The third kappa shape index (κ3) is 3.69. The maximum absolute atomic E-state index is 13.8. The second kappa shape index (κ2) is 8.86. The molecule has 0 fully saturated rings. The number of thiazole rings is 1. The van der Waals surface area contributed by atoms with E-state index in [0.29, 0.717) is 10.3 Å².